The highest BCUT2D eigenvalue weighted by molar-refractivity contribution is 5.79. The Hall–Kier alpha value is -2.61. The number of aryl methyl sites for hydroxylation is 1. The molecule has 0 unspecified atom stereocenters. The summed E-state index contributed by atoms with van der Waals surface area (Å²) in [5.41, 5.74) is 7.58. The van der Waals surface area contributed by atoms with E-state index in [1.54, 1.807) is 4.90 Å². The average Bonchev–Trinajstić information content (AvgIpc) is 3.06. The number of aromatic nitrogens is 2. The van der Waals surface area contributed by atoms with Gasteiger partial charge in [0.2, 0.25) is 5.91 Å². The number of carbonyl (C=O) groups excluding carboxylic acids is 2. The fraction of sp³-hybridized carbons (Fsp3) is 0.571. The van der Waals surface area contributed by atoms with Gasteiger partial charge < -0.3 is 15.5 Å². The molecule has 1 aromatic heterocycles. The third-order valence-electron chi connectivity index (χ3n) is 6.31. The lowest BCUT2D eigenvalue weighted by Crippen LogP contribution is -2.49. The Balaban J connectivity index is 1.25. The molecule has 4 rings (SSSR count). The number of rotatable bonds is 4. The number of nitrogens with zero attached hydrogens (tertiary/aromatic N) is 4. The number of benzene rings is 1. The van der Waals surface area contributed by atoms with Gasteiger partial charge in [-0.1, -0.05) is 6.07 Å². The average molecular weight is 399 g/mol. The van der Waals surface area contributed by atoms with Gasteiger partial charge in [0.15, 0.2) is 0 Å². The first kappa shape index (κ1) is 19.7. The molecule has 156 valence electrons. The number of nitrogens with two attached hydrogens (primary N) is 1. The van der Waals surface area contributed by atoms with Gasteiger partial charge in [0.1, 0.15) is 0 Å². The van der Waals surface area contributed by atoms with E-state index in [1.807, 2.05) is 17.2 Å². The van der Waals surface area contributed by atoms with Crippen LogP contribution < -0.4 is 5.73 Å². The first-order chi connectivity index (χ1) is 14.1. The molecule has 3 N–H and O–H groups in total. The van der Waals surface area contributed by atoms with E-state index < -0.39 is 0 Å². The SMILES string of the molecule is NC(=O)N1CCC(N2CCCN(C(=O)CCc3ccc4[nH]ncc4c3)CC2)CC1. The lowest BCUT2D eigenvalue weighted by atomic mass is 10.0. The maximum Gasteiger partial charge on any atom is 0.314 e. The highest BCUT2D eigenvalue weighted by Gasteiger charge is 2.28. The van der Waals surface area contributed by atoms with Crippen molar-refractivity contribution in [1.29, 1.82) is 0 Å². The minimum Gasteiger partial charge on any atom is -0.351 e. The molecular formula is C21H30N6O2. The van der Waals surface area contributed by atoms with Gasteiger partial charge in [-0.3, -0.25) is 14.8 Å². The Morgan fingerprint density at radius 2 is 1.90 bits per heavy atom. The molecule has 0 bridgehead atoms. The summed E-state index contributed by atoms with van der Waals surface area (Å²) in [6.07, 6.45) is 6.05. The molecule has 3 heterocycles. The number of aromatic amines is 1. The summed E-state index contributed by atoms with van der Waals surface area (Å²) in [6.45, 7) is 5.02. The summed E-state index contributed by atoms with van der Waals surface area (Å²) in [5, 5.41) is 8.09. The van der Waals surface area contributed by atoms with Crippen LogP contribution >= 0.6 is 0 Å². The molecule has 0 saturated carbocycles. The maximum atomic E-state index is 12.8. The number of carbonyl (C=O) groups is 2. The second kappa shape index (κ2) is 8.82. The minimum absolute atomic E-state index is 0.239. The molecule has 0 spiro atoms. The summed E-state index contributed by atoms with van der Waals surface area (Å²) in [7, 11) is 0. The number of nitrogens with one attached hydrogen (secondary N) is 1. The van der Waals surface area contributed by atoms with Gasteiger partial charge in [0, 0.05) is 57.1 Å². The van der Waals surface area contributed by atoms with Crippen LogP contribution in [0.2, 0.25) is 0 Å². The molecular weight excluding hydrogens is 368 g/mol. The van der Waals surface area contributed by atoms with E-state index in [1.165, 1.54) is 5.56 Å². The Morgan fingerprint density at radius 3 is 2.69 bits per heavy atom. The third kappa shape index (κ3) is 4.70. The maximum absolute atomic E-state index is 12.8. The fourth-order valence-corrected chi connectivity index (χ4v) is 4.56. The number of amides is 3. The van der Waals surface area contributed by atoms with Gasteiger partial charge >= 0.3 is 6.03 Å². The Morgan fingerprint density at radius 1 is 1.07 bits per heavy atom. The second-order valence-corrected chi connectivity index (χ2v) is 8.12. The van der Waals surface area contributed by atoms with Crippen molar-refractivity contribution < 1.29 is 9.59 Å². The lowest BCUT2D eigenvalue weighted by Gasteiger charge is -2.37. The zero-order valence-electron chi connectivity index (χ0n) is 16.8. The normalized spacial score (nSPS) is 19.4. The first-order valence-corrected chi connectivity index (χ1v) is 10.6. The van der Waals surface area contributed by atoms with E-state index in [4.69, 9.17) is 5.73 Å². The topological polar surface area (TPSA) is 98.6 Å². The monoisotopic (exact) mass is 398 g/mol. The predicted molar refractivity (Wildman–Crippen MR) is 111 cm³/mol. The predicted octanol–water partition coefficient (Wildman–Crippen LogP) is 1.57. The first-order valence-electron chi connectivity index (χ1n) is 10.6. The third-order valence-corrected chi connectivity index (χ3v) is 6.31. The van der Waals surface area contributed by atoms with Crippen molar-refractivity contribution in [3.05, 3.63) is 30.0 Å². The van der Waals surface area contributed by atoms with Crippen LogP contribution in [0.1, 0.15) is 31.2 Å². The summed E-state index contributed by atoms with van der Waals surface area (Å²) in [6, 6.07) is 6.37. The Labute approximate surface area is 171 Å². The highest BCUT2D eigenvalue weighted by atomic mass is 16.2. The summed E-state index contributed by atoms with van der Waals surface area (Å²) in [4.78, 5) is 30.3. The van der Waals surface area contributed by atoms with Gasteiger partial charge in [-0.15, -0.1) is 0 Å². The number of urea groups is 1. The molecule has 0 radical (unpaired) electrons. The molecule has 8 nitrogen and oxygen atoms in total. The van der Waals surface area contributed by atoms with Gasteiger partial charge in [-0.2, -0.15) is 5.10 Å². The fourth-order valence-electron chi connectivity index (χ4n) is 4.56. The van der Waals surface area contributed by atoms with Gasteiger partial charge in [0.25, 0.3) is 0 Å². The smallest absolute Gasteiger partial charge is 0.314 e. The van der Waals surface area contributed by atoms with Crippen molar-refractivity contribution >= 4 is 22.8 Å². The van der Waals surface area contributed by atoms with Crippen LogP contribution in [-0.4, -0.2) is 82.1 Å². The van der Waals surface area contributed by atoms with Gasteiger partial charge in [-0.25, -0.2) is 4.79 Å². The molecule has 1 aromatic carbocycles. The van der Waals surface area contributed by atoms with Crippen molar-refractivity contribution in [2.24, 2.45) is 5.73 Å². The van der Waals surface area contributed by atoms with Crippen LogP contribution in [0.3, 0.4) is 0 Å². The van der Waals surface area contributed by atoms with Crippen LogP contribution in [-0.2, 0) is 11.2 Å². The van der Waals surface area contributed by atoms with Crippen molar-refractivity contribution in [3.63, 3.8) is 0 Å². The van der Waals surface area contributed by atoms with Gasteiger partial charge in [-0.05, 0) is 43.4 Å². The molecule has 0 aliphatic carbocycles. The zero-order valence-corrected chi connectivity index (χ0v) is 16.8. The molecule has 2 aromatic rings. The molecule has 2 aliphatic heterocycles. The lowest BCUT2D eigenvalue weighted by molar-refractivity contribution is -0.131. The second-order valence-electron chi connectivity index (χ2n) is 8.12. The summed E-state index contributed by atoms with van der Waals surface area (Å²) >= 11 is 0. The largest absolute Gasteiger partial charge is 0.351 e. The molecule has 2 fully saturated rings. The van der Waals surface area contributed by atoms with E-state index in [-0.39, 0.29) is 11.9 Å². The highest BCUT2D eigenvalue weighted by Crippen LogP contribution is 2.19. The van der Waals surface area contributed by atoms with Crippen LogP contribution in [0.25, 0.3) is 10.9 Å². The van der Waals surface area contributed by atoms with E-state index in [0.717, 1.165) is 75.9 Å². The van der Waals surface area contributed by atoms with Crippen LogP contribution in [0.5, 0.6) is 0 Å². The zero-order chi connectivity index (χ0) is 20.2. The minimum atomic E-state index is -0.317. The Bertz CT molecular complexity index is 858. The van der Waals surface area contributed by atoms with E-state index in [0.29, 0.717) is 12.5 Å². The molecule has 2 saturated heterocycles. The molecule has 8 heteroatoms. The summed E-state index contributed by atoms with van der Waals surface area (Å²) < 4.78 is 0. The number of piperidine rings is 1. The molecule has 29 heavy (non-hydrogen) atoms. The molecule has 0 atom stereocenters. The van der Waals surface area contributed by atoms with Crippen molar-refractivity contribution in [2.75, 3.05) is 39.3 Å². The van der Waals surface area contributed by atoms with Crippen molar-refractivity contribution in [3.8, 4) is 0 Å². The van der Waals surface area contributed by atoms with E-state index in [9.17, 15) is 9.59 Å². The van der Waals surface area contributed by atoms with Gasteiger partial charge in [0.05, 0.1) is 11.7 Å². The van der Waals surface area contributed by atoms with E-state index in [2.05, 4.69) is 27.2 Å². The number of H-pyrrole nitrogens is 1. The standard InChI is InChI=1S/C21H30N6O2/c22-21(29)27-10-6-18(7-11-27)25-8-1-9-26(13-12-25)20(28)5-3-16-2-4-19-17(14-16)15-23-24-19/h2,4,14-15,18H,1,3,5-13H2,(H2,22,29)(H,23,24). The van der Waals surface area contributed by atoms with Crippen LogP contribution in [0.15, 0.2) is 24.4 Å². The molecule has 2 aliphatic rings. The number of hydrogen-bond acceptors (Lipinski definition) is 4. The van der Waals surface area contributed by atoms with Crippen LogP contribution in [0.4, 0.5) is 4.79 Å². The van der Waals surface area contributed by atoms with Crippen molar-refractivity contribution in [2.45, 2.75) is 38.1 Å². The molecule has 3 amide bonds. The summed E-state index contributed by atoms with van der Waals surface area (Å²) in [5.74, 6) is 0.239. The number of primary amides is 1. The number of hydrogen-bond donors (Lipinski definition) is 2. The Kier molecular flexibility index (Phi) is 5.99. The number of likely N-dealkylation sites (tertiary alicyclic amines) is 1. The quantitative estimate of drug-likeness (QED) is 0.817. The number of fused-ring (bicyclic) bond motifs is 1. The van der Waals surface area contributed by atoms with E-state index >= 15 is 0 Å². The van der Waals surface area contributed by atoms with Crippen molar-refractivity contribution in [1.82, 2.24) is 24.9 Å². The van der Waals surface area contributed by atoms with Crippen LogP contribution in [0, 0.1) is 0 Å².